The van der Waals surface area contributed by atoms with E-state index in [1.165, 1.54) is 12.4 Å². The Kier molecular flexibility index (Phi) is 5.89. The van der Waals surface area contributed by atoms with E-state index in [4.69, 9.17) is 4.74 Å². The lowest BCUT2D eigenvalue weighted by atomic mass is 9.87. The van der Waals surface area contributed by atoms with Crippen molar-refractivity contribution in [3.8, 4) is 5.75 Å². The number of aryl methyl sites for hydroxylation is 1. The molecule has 0 spiro atoms. The minimum atomic E-state index is -0.414. The Morgan fingerprint density at radius 3 is 2.75 bits per heavy atom. The lowest BCUT2D eigenvalue weighted by Gasteiger charge is -2.31. The first kappa shape index (κ1) is 17.9. The van der Waals surface area contributed by atoms with Crippen molar-refractivity contribution in [2.45, 2.75) is 39.8 Å². The maximum atomic E-state index is 13.6. The highest BCUT2D eigenvalue weighted by atomic mass is 19.1. The van der Waals surface area contributed by atoms with E-state index in [0.29, 0.717) is 6.54 Å². The molecular weight excluding hydrogens is 311 g/mol. The van der Waals surface area contributed by atoms with Crippen molar-refractivity contribution in [3.63, 3.8) is 0 Å². The minimum Gasteiger partial charge on any atom is -0.488 e. The molecule has 0 fully saturated rings. The van der Waals surface area contributed by atoms with Crippen molar-refractivity contribution in [2.24, 2.45) is 5.41 Å². The van der Waals surface area contributed by atoms with E-state index in [9.17, 15) is 9.18 Å². The van der Waals surface area contributed by atoms with Crippen LogP contribution < -0.4 is 10.1 Å². The molecular formula is C17H23FN4O2. The average Bonchev–Trinajstić information content (AvgIpc) is 3.03. The fraction of sp³-hybridized carbons (Fsp3) is 0.471. The number of carbonyl (C=O) groups excluding carboxylic acids is 1. The fourth-order valence-corrected chi connectivity index (χ4v) is 2.07. The first-order valence-corrected chi connectivity index (χ1v) is 7.85. The largest absolute Gasteiger partial charge is 0.488 e. The van der Waals surface area contributed by atoms with E-state index >= 15 is 0 Å². The van der Waals surface area contributed by atoms with Crippen LogP contribution in [0.4, 0.5) is 4.39 Å². The summed E-state index contributed by atoms with van der Waals surface area (Å²) >= 11 is 0. The smallest absolute Gasteiger partial charge is 0.222 e. The second-order valence-electron chi connectivity index (χ2n) is 6.64. The third-order valence-electron chi connectivity index (χ3n) is 3.66. The molecule has 0 bridgehead atoms. The topological polar surface area (TPSA) is 69.0 Å². The summed E-state index contributed by atoms with van der Waals surface area (Å²) in [6.45, 7) is 6.65. The van der Waals surface area contributed by atoms with Gasteiger partial charge in [-0.1, -0.05) is 32.9 Å². The number of nitrogens with one attached hydrogen (secondary N) is 1. The van der Waals surface area contributed by atoms with Crippen LogP contribution in [0.2, 0.25) is 0 Å². The highest BCUT2D eigenvalue weighted by molar-refractivity contribution is 5.76. The predicted octanol–water partition coefficient (Wildman–Crippen LogP) is 2.42. The molecule has 1 aromatic carbocycles. The standard InChI is InChI=1S/C17H23FN4O2/c1-17(2,3)15(10-24-14-7-5-4-6-13(14)18)21-16(23)8-9-22-12-19-11-20-22/h4-7,11-12,15H,8-10H2,1-3H3,(H,21,23). The summed E-state index contributed by atoms with van der Waals surface area (Å²) in [5.74, 6) is -0.339. The second-order valence-corrected chi connectivity index (χ2v) is 6.64. The zero-order valence-electron chi connectivity index (χ0n) is 14.2. The molecule has 0 radical (unpaired) electrons. The molecule has 1 amide bonds. The number of para-hydroxylation sites is 1. The fourth-order valence-electron chi connectivity index (χ4n) is 2.07. The van der Waals surface area contributed by atoms with Crippen LogP contribution in [-0.4, -0.2) is 33.3 Å². The van der Waals surface area contributed by atoms with E-state index in [2.05, 4.69) is 15.4 Å². The van der Waals surface area contributed by atoms with E-state index in [1.807, 2.05) is 20.8 Å². The average molecular weight is 334 g/mol. The van der Waals surface area contributed by atoms with E-state index in [-0.39, 0.29) is 36.1 Å². The Morgan fingerprint density at radius 1 is 1.38 bits per heavy atom. The van der Waals surface area contributed by atoms with Gasteiger partial charge in [0.1, 0.15) is 19.3 Å². The van der Waals surface area contributed by atoms with Crippen LogP contribution in [0, 0.1) is 11.2 Å². The van der Waals surface area contributed by atoms with Crippen LogP contribution in [0.5, 0.6) is 5.75 Å². The third-order valence-corrected chi connectivity index (χ3v) is 3.66. The Hall–Kier alpha value is -2.44. The zero-order chi connectivity index (χ0) is 17.6. The molecule has 2 rings (SSSR count). The monoisotopic (exact) mass is 334 g/mol. The van der Waals surface area contributed by atoms with Crippen LogP contribution in [0.25, 0.3) is 0 Å². The maximum Gasteiger partial charge on any atom is 0.222 e. The number of hydrogen-bond donors (Lipinski definition) is 1. The predicted molar refractivity (Wildman–Crippen MR) is 87.9 cm³/mol. The van der Waals surface area contributed by atoms with Crippen molar-refractivity contribution < 1.29 is 13.9 Å². The molecule has 1 aromatic heterocycles. The van der Waals surface area contributed by atoms with Crippen molar-refractivity contribution >= 4 is 5.91 Å². The van der Waals surface area contributed by atoms with Gasteiger partial charge in [0.25, 0.3) is 0 Å². The summed E-state index contributed by atoms with van der Waals surface area (Å²) in [5, 5.41) is 6.92. The number of benzene rings is 1. The summed E-state index contributed by atoms with van der Waals surface area (Å²) < 4.78 is 20.8. The molecule has 0 saturated heterocycles. The first-order valence-electron chi connectivity index (χ1n) is 7.85. The SMILES string of the molecule is CC(C)(C)C(COc1ccccc1F)NC(=O)CCn1cncn1. The van der Waals surface area contributed by atoms with Crippen LogP contribution in [0.15, 0.2) is 36.9 Å². The molecule has 2 aromatic rings. The summed E-state index contributed by atoms with van der Waals surface area (Å²) in [6, 6.07) is 5.98. The molecule has 1 heterocycles. The third kappa shape index (κ3) is 5.33. The van der Waals surface area contributed by atoms with Gasteiger partial charge in [0.15, 0.2) is 11.6 Å². The van der Waals surface area contributed by atoms with Gasteiger partial charge >= 0.3 is 0 Å². The summed E-state index contributed by atoms with van der Waals surface area (Å²) in [6.07, 6.45) is 3.28. The number of halogens is 1. The van der Waals surface area contributed by atoms with Crippen LogP contribution >= 0.6 is 0 Å². The van der Waals surface area contributed by atoms with Gasteiger partial charge < -0.3 is 10.1 Å². The molecule has 1 N–H and O–H groups in total. The Balaban J connectivity index is 1.90. The van der Waals surface area contributed by atoms with Gasteiger partial charge in [0.05, 0.1) is 12.6 Å². The van der Waals surface area contributed by atoms with Gasteiger partial charge in [-0.25, -0.2) is 9.37 Å². The number of ether oxygens (including phenoxy) is 1. The molecule has 7 heteroatoms. The quantitative estimate of drug-likeness (QED) is 0.844. The van der Waals surface area contributed by atoms with Gasteiger partial charge in [-0.15, -0.1) is 0 Å². The highest BCUT2D eigenvalue weighted by Crippen LogP contribution is 2.22. The molecule has 1 unspecified atom stereocenters. The van der Waals surface area contributed by atoms with E-state index < -0.39 is 5.82 Å². The summed E-state index contributed by atoms with van der Waals surface area (Å²) in [7, 11) is 0. The van der Waals surface area contributed by atoms with Crippen molar-refractivity contribution in [1.82, 2.24) is 20.1 Å². The number of hydrogen-bond acceptors (Lipinski definition) is 4. The van der Waals surface area contributed by atoms with Gasteiger partial charge in [-0.2, -0.15) is 5.10 Å². The molecule has 1 atom stereocenters. The Labute approximate surface area is 141 Å². The molecule has 24 heavy (non-hydrogen) atoms. The lowest BCUT2D eigenvalue weighted by molar-refractivity contribution is -0.123. The Bertz CT molecular complexity index is 653. The number of nitrogens with zero attached hydrogens (tertiary/aromatic N) is 3. The Morgan fingerprint density at radius 2 is 2.12 bits per heavy atom. The van der Waals surface area contributed by atoms with Gasteiger partial charge in [0.2, 0.25) is 5.91 Å². The molecule has 0 aliphatic heterocycles. The number of aromatic nitrogens is 3. The second kappa shape index (κ2) is 7.90. The van der Waals surface area contributed by atoms with Crippen molar-refractivity contribution in [1.29, 1.82) is 0 Å². The van der Waals surface area contributed by atoms with Crippen LogP contribution in [-0.2, 0) is 11.3 Å². The zero-order valence-corrected chi connectivity index (χ0v) is 14.2. The van der Waals surface area contributed by atoms with Crippen LogP contribution in [0.3, 0.4) is 0 Å². The number of carbonyl (C=O) groups is 1. The number of rotatable bonds is 7. The lowest BCUT2D eigenvalue weighted by Crippen LogP contribution is -2.47. The van der Waals surface area contributed by atoms with E-state index in [1.54, 1.807) is 29.2 Å². The molecule has 130 valence electrons. The first-order chi connectivity index (χ1) is 11.4. The maximum absolute atomic E-state index is 13.6. The minimum absolute atomic E-state index is 0.109. The summed E-state index contributed by atoms with van der Waals surface area (Å²) in [4.78, 5) is 16.0. The molecule has 0 aliphatic carbocycles. The van der Waals surface area contributed by atoms with Gasteiger partial charge in [-0.05, 0) is 17.5 Å². The van der Waals surface area contributed by atoms with Gasteiger partial charge in [0, 0.05) is 6.42 Å². The van der Waals surface area contributed by atoms with E-state index in [0.717, 1.165) is 0 Å². The van der Waals surface area contributed by atoms with Crippen molar-refractivity contribution in [2.75, 3.05) is 6.61 Å². The van der Waals surface area contributed by atoms with Crippen LogP contribution in [0.1, 0.15) is 27.2 Å². The molecule has 0 aliphatic rings. The number of amides is 1. The normalized spacial score (nSPS) is 12.7. The van der Waals surface area contributed by atoms with Gasteiger partial charge in [-0.3, -0.25) is 9.48 Å². The summed E-state index contributed by atoms with van der Waals surface area (Å²) in [5.41, 5.74) is -0.228. The molecule has 0 saturated carbocycles. The molecule has 6 nitrogen and oxygen atoms in total. The van der Waals surface area contributed by atoms with Crippen molar-refractivity contribution in [3.05, 3.63) is 42.7 Å². The highest BCUT2D eigenvalue weighted by Gasteiger charge is 2.27.